The second-order valence-corrected chi connectivity index (χ2v) is 7.52. The predicted octanol–water partition coefficient (Wildman–Crippen LogP) is 3.63. The number of fused-ring (bicyclic) bond motifs is 1. The Labute approximate surface area is 175 Å². The molecule has 4 N–H and O–H groups in total. The van der Waals surface area contributed by atoms with Gasteiger partial charge in [0.05, 0.1) is 5.56 Å². The largest absolute Gasteiger partial charge is 0.419 e. The van der Waals surface area contributed by atoms with Gasteiger partial charge in [-0.05, 0) is 29.7 Å². The highest BCUT2D eigenvalue weighted by Gasteiger charge is 2.33. The number of nitrogens with one attached hydrogen (secondary N) is 3. The number of anilines is 1. The molecule has 0 bridgehead atoms. The molecule has 1 unspecified atom stereocenters. The van der Waals surface area contributed by atoms with Crippen molar-refractivity contribution in [2.75, 3.05) is 32.0 Å². The van der Waals surface area contributed by atoms with Crippen molar-refractivity contribution in [2.45, 2.75) is 12.3 Å². The van der Waals surface area contributed by atoms with Gasteiger partial charge in [-0.1, -0.05) is 18.2 Å². The Morgan fingerprint density at radius 1 is 1.17 bits per heavy atom. The minimum Gasteiger partial charge on any atom is -0.386 e. The van der Waals surface area contributed by atoms with Crippen LogP contribution >= 0.6 is 11.3 Å². The maximum atomic E-state index is 13.0. The van der Waals surface area contributed by atoms with Gasteiger partial charge in [-0.2, -0.15) is 13.2 Å². The van der Waals surface area contributed by atoms with Gasteiger partial charge in [0.25, 0.3) is 0 Å². The number of aromatic nitrogens is 1. The molecular formula is C20H22F3N5OS. The van der Waals surface area contributed by atoms with Gasteiger partial charge in [0.15, 0.2) is 5.96 Å². The molecule has 0 saturated carbocycles. The van der Waals surface area contributed by atoms with Crippen LogP contribution in [0.15, 0.2) is 53.7 Å². The highest BCUT2D eigenvalue weighted by molar-refractivity contribution is 7.19. The molecule has 0 radical (unpaired) electrons. The number of aliphatic hydroxyl groups excluding tert-OH is 1. The lowest BCUT2D eigenvalue weighted by molar-refractivity contribution is -0.137. The van der Waals surface area contributed by atoms with Crippen LogP contribution in [0.25, 0.3) is 10.1 Å². The van der Waals surface area contributed by atoms with Gasteiger partial charge in [-0.15, -0.1) is 11.3 Å². The molecule has 1 aromatic carbocycles. The van der Waals surface area contributed by atoms with Crippen molar-refractivity contribution in [1.29, 1.82) is 0 Å². The van der Waals surface area contributed by atoms with Crippen LogP contribution in [0.1, 0.15) is 16.5 Å². The molecule has 160 valence electrons. The van der Waals surface area contributed by atoms with E-state index in [2.05, 4.69) is 25.9 Å². The second kappa shape index (κ2) is 9.77. The molecule has 0 spiro atoms. The molecule has 0 aliphatic carbocycles. The Bertz CT molecular complexity index is 972. The van der Waals surface area contributed by atoms with Gasteiger partial charge in [0.2, 0.25) is 0 Å². The van der Waals surface area contributed by atoms with Gasteiger partial charge >= 0.3 is 6.18 Å². The molecule has 1 atom stereocenters. The minimum absolute atomic E-state index is 0.208. The number of alkyl halides is 3. The first kappa shape index (κ1) is 21.8. The van der Waals surface area contributed by atoms with Crippen molar-refractivity contribution in [3.05, 3.63) is 59.1 Å². The molecule has 10 heteroatoms. The number of thiophene rings is 1. The number of nitrogens with zero attached hydrogens (tertiary/aromatic N) is 2. The fourth-order valence-electron chi connectivity index (χ4n) is 2.82. The Morgan fingerprint density at radius 2 is 1.97 bits per heavy atom. The number of rotatable bonds is 7. The van der Waals surface area contributed by atoms with Gasteiger partial charge in [0, 0.05) is 42.5 Å². The summed E-state index contributed by atoms with van der Waals surface area (Å²) in [6, 6.07) is 12.1. The molecule has 3 aromatic rings. The number of aliphatic hydroxyl groups is 1. The van der Waals surface area contributed by atoms with Crippen LogP contribution in [-0.2, 0) is 6.18 Å². The number of guanidine groups is 1. The van der Waals surface area contributed by atoms with E-state index in [0.717, 1.165) is 21.0 Å². The van der Waals surface area contributed by atoms with E-state index < -0.39 is 17.8 Å². The summed E-state index contributed by atoms with van der Waals surface area (Å²) >= 11 is 1.53. The molecule has 0 amide bonds. The first-order chi connectivity index (χ1) is 14.4. The van der Waals surface area contributed by atoms with Crippen molar-refractivity contribution in [3.63, 3.8) is 0 Å². The summed E-state index contributed by atoms with van der Waals surface area (Å²) in [4.78, 5) is 8.66. The molecule has 6 nitrogen and oxygen atoms in total. The van der Waals surface area contributed by atoms with Crippen molar-refractivity contribution in [1.82, 2.24) is 15.6 Å². The van der Waals surface area contributed by atoms with E-state index in [1.165, 1.54) is 23.6 Å². The summed E-state index contributed by atoms with van der Waals surface area (Å²) in [7, 11) is 1.58. The monoisotopic (exact) mass is 437 g/mol. The van der Waals surface area contributed by atoms with Gasteiger partial charge < -0.3 is 21.1 Å². The summed E-state index contributed by atoms with van der Waals surface area (Å²) in [6.45, 7) is 0.768. The quantitative estimate of drug-likeness (QED) is 0.258. The van der Waals surface area contributed by atoms with Crippen LogP contribution in [0.4, 0.5) is 19.0 Å². The average Bonchev–Trinajstić information content (AvgIpc) is 3.17. The Balaban J connectivity index is 1.46. The summed E-state index contributed by atoms with van der Waals surface area (Å²) in [6.07, 6.45) is -3.87. The maximum absolute atomic E-state index is 13.0. The summed E-state index contributed by atoms with van der Waals surface area (Å²) in [5.41, 5.74) is -0.807. The fourth-order valence-corrected chi connectivity index (χ4v) is 3.87. The molecule has 3 rings (SSSR count). The first-order valence-electron chi connectivity index (χ1n) is 9.25. The number of hydrogen-bond acceptors (Lipinski definition) is 5. The first-order valence-corrected chi connectivity index (χ1v) is 10.1. The number of benzene rings is 1. The number of aliphatic imine (C=N–C) groups is 1. The number of pyridine rings is 1. The van der Waals surface area contributed by atoms with Gasteiger partial charge in [0.1, 0.15) is 11.9 Å². The van der Waals surface area contributed by atoms with Crippen LogP contribution < -0.4 is 16.0 Å². The Hall–Kier alpha value is -2.85. The fraction of sp³-hybridized carbons (Fsp3) is 0.300. The SMILES string of the molecule is CN=C(NCCNc1ncccc1C(F)(F)F)NCC(O)c1cc2ccccc2s1. The number of hydrogen-bond donors (Lipinski definition) is 4. The van der Waals surface area contributed by atoms with Gasteiger partial charge in [-0.25, -0.2) is 4.98 Å². The molecule has 2 heterocycles. The maximum Gasteiger partial charge on any atom is 0.419 e. The van der Waals surface area contributed by atoms with Crippen molar-refractivity contribution < 1.29 is 18.3 Å². The smallest absolute Gasteiger partial charge is 0.386 e. The third kappa shape index (κ3) is 5.61. The summed E-state index contributed by atoms with van der Waals surface area (Å²) < 4.78 is 40.0. The van der Waals surface area contributed by atoms with E-state index in [9.17, 15) is 18.3 Å². The van der Waals surface area contributed by atoms with Gasteiger partial charge in [-0.3, -0.25) is 4.99 Å². The topological polar surface area (TPSA) is 81.6 Å². The van der Waals surface area contributed by atoms with E-state index >= 15 is 0 Å². The standard InChI is InChI=1S/C20H22F3N5OS/c1-24-19(27-10-9-26-18-14(20(21,22)23)6-4-8-25-18)28-12-15(29)17-11-13-5-2-3-7-16(13)30-17/h2-8,11,15,29H,9-10,12H2,1H3,(H,25,26)(H2,24,27,28). The zero-order chi connectivity index (χ0) is 21.6. The lowest BCUT2D eigenvalue weighted by atomic mass is 10.2. The van der Waals surface area contributed by atoms with Crippen LogP contribution in [0, 0.1) is 0 Å². The molecule has 0 aliphatic heterocycles. The third-order valence-corrected chi connectivity index (χ3v) is 5.50. The predicted molar refractivity (Wildman–Crippen MR) is 114 cm³/mol. The normalized spacial score (nSPS) is 13.3. The number of halogens is 3. The van der Waals surface area contributed by atoms with E-state index in [4.69, 9.17) is 0 Å². The highest BCUT2D eigenvalue weighted by atomic mass is 32.1. The molecule has 0 fully saturated rings. The van der Waals surface area contributed by atoms with Crippen LogP contribution in [0.5, 0.6) is 0 Å². The van der Waals surface area contributed by atoms with Crippen molar-refractivity contribution in [3.8, 4) is 0 Å². The zero-order valence-corrected chi connectivity index (χ0v) is 17.0. The minimum atomic E-state index is -4.47. The average molecular weight is 437 g/mol. The Morgan fingerprint density at radius 3 is 2.70 bits per heavy atom. The molecular weight excluding hydrogens is 415 g/mol. The van der Waals surface area contributed by atoms with E-state index in [1.807, 2.05) is 30.3 Å². The molecule has 0 saturated heterocycles. The van der Waals surface area contributed by atoms with Crippen LogP contribution in [0.2, 0.25) is 0 Å². The van der Waals surface area contributed by atoms with E-state index in [0.29, 0.717) is 12.5 Å². The summed E-state index contributed by atoms with van der Waals surface area (Å²) in [5.74, 6) is 0.226. The highest BCUT2D eigenvalue weighted by Crippen LogP contribution is 2.33. The molecule has 2 aromatic heterocycles. The van der Waals surface area contributed by atoms with Crippen LogP contribution in [0.3, 0.4) is 0 Å². The van der Waals surface area contributed by atoms with E-state index in [1.54, 1.807) is 7.05 Å². The van der Waals surface area contributed by atoms with Crippen molar-refractivity contribution >= 4 is 33.2 Å². The lowest BCUT2D eigenvalue weighted by Crippen LogP contribution is -2.41. The van der Waals surface area contributed by atoms with Crippen LogP contribution in [-0.4, -0.2) is 42.7 Å². The summed E-state index contributed by atoms with van der Waals surface area (Å²) in [5, 5.41) is 20.2. The Kier molecular flexibility index (Phi) is 7.11. The molecule has 0 aliphatic rings. The lowest BCUT2D eigenvalue weighted by Gasteiger charge is -2.16. The molecule has 30 heavy (non-hydrogen) atoms. The van der Waals surface area contributed by atoms with E-state index in [-0.39, 0.29) is 18.9 Å². The van der Waals surface area contributed by atoms with Crippen molar-refractivity contribution in [2.24, 2.45) is 4.99 Å². The second-order valence-electron chi connectivity index (χ2n) is 6.41. The zero-order valence-electron chi connectivity index (χ0n) is 16.2. The third-order valence-electron chi connectivity index (χ3n) is 4.28.